The topological polar surface area (TPSA) is 41.6 Å². The van der Waals surface area contributed by atoms with E-state index in [1.54, 1.807) is 0 Å². The molecular formula is C4H3Cl2F2N3. The number of halogens is 4. The Morgan fingerprint density at radius 2 is 2.18 bits per heavy atom. The predicted molar refractivity (Wildman–Crippen MR) is 35.8 cm³/mol. The Labute approximate surface area is 70.7 Å². The van der Waals surface area contributed by atoms with Gasteiger partial charge < -0.3 is 0 Å². The minimum atomic E-state index is -3.38. The molecule has 0 aliphatic rings. The number of nitrogens with one attached hydrogen (secondary N) is 1. The fourth-order valence-electron chi connectivity index (χ4n) is 0.469. The Morgan fingerprint density at radius 1 is 1.55 bits per heavy atom. The van der Waals surface area contributed by atoms with Crippen LogP contribution in [0.5, 0.6) is 0 Å². The summed E-state index contributed by atoms with van der Waals surface area (Å²) in [7, 11) is 0. The van der Waals surface area contributed by atoms with Crippen molar-refractivity contribution in [2.45, 2.75) is 10.8 Å². The molecule has 62 valence electrons. The average molecular weight is 202 g/mol. The van der Waals surface area contributed by atoms with E-state index >= 15 is 0 Å². The highest BCUT2D eigenvalue weighted by Crippen LogP contribution is 2.34. The quantitative estimate of drug-likeness (QED) is 0.741. The average Bonchev–Trinajstić information content (AvgIpc) is 2.37. The molecule has 0 bridgehead atoms. The second-order valence-electron chi connectivity index (χ2n) is 1.76. The number of hydrogen-bond donors (Lipinski definition) is 1. The lowest BCUT2D eigenvalue weighted by molar-refractivity contribution is 0.00161. The summed E-state index contributed by atoms with van der Waals surface area (Å²) < 4.78 is 25.4. The molecule has 0 radical (unpaired) electrons. The molecule has 1 aromatic heterocycles. The van der Waals surface area contributed by atoms with Crippen molar-refractivity contribution in [3.63, 3.8) is 0 Å². The standard InChI is InChI=1S/C4H3Cl2F2N3/c5-2(6)4(7,8)3-9-1-10-11-3/h1-2H,(H,9,10,11). The Bertz CT molecular complexity index is 223. The van der Waals surface area contributed by atoms with E-state index < -0.39 is 16.6 Å². The summed E-state index contributed by atoms with van der Waals surface area (Å²) in [6.45, 7) is 0. The first-order valence-electron chi connectivity index (χ1n) is 2.57. The van der Waals surface area contributed by atoms with Gasteiger partial charge >= 0.3 is 5.92 Å². The molecule has 0 aromatic carbocycles. The van der Waals surface area contributed by atoms with Crippen molar-refractivity contribution in [1.82, 2.24) is 15.2 Å². The van der Waals surface area contributed by atoms with Gasteiger partial charge in [-0.3, -0.25) is 5.10 Å². The largest absolute Gasteiger partial charge is 0.335 e. The maximum Gasteiger partial charge on any atom is 0.335 e. The van der Waals surface area contributed by atoms with Crippen molar-refractivity contribution < 1.29 is 8.78 Å². The normalized spacial score (nSPS) is 12.5. The van der Waals surface area contributed by atoms with Gasteiger partial charge in [0.25, 0.3) is 0 Å². The lowest BCUT2D eigenvalue weighted by atomic mass is 10.4. The molecular weight excluding hydrogens is 199 g/mol. The molecule has 0 atom stereocenters. The van der Waals surface area contributed by atoms with Gasteiger partial charge in [-0.1, -0.05) is 23.2 Å². The monoisotopic (exact) mass is 201 g/mol. The molecule has 3 nitrogen and oxygen atoms in total. The van der Waals surface area contributed by atoms with Crippen LogP contribution >= 0.6 is 23.2 Å². The summed E-state index contributed by atoms with van der Waals surface area (Å²) in [5, 5.41) is 5.22. The number of aromatic amines is 1. The van der Waals surface area contributed by atoms with Gasteiger partial charge in [-0.15, -0.1) is 0 Å². The van der Waals surface area contributed by atoms with Gasteiger partial charge in [-0.05, 0) is 0 Å². The van der Waals surface area contributed by atoms with Crippen LogP contribution in [-0.2, 0) is 5.92 Å². The Kier molecular flexibility index (Phi) is 2.29. The van der Waals surface area contributed by atoms with E-state index in [-0.39, 0.29) is 0 Å². The van der Waals surface area contributed by atoms with Crippen molar-refractivity contribution in [3.05, 3.63) is 12.2 Å². The first-order chi connectivity index (χ1) is 5.05. The van der Waals surface area contributed by atoms with Crippen LogP contribution in [0.25, 0.3) is 0 Å². The van der Waals surface area contributed by atoms with Crippen LogP contribution < -0.4 is 0 Å². The van der Waals surface area contributed by atoms with Crippen molar-refractivity contribution in [3.8, 4) is 0 Å². The molecule has 0 spiro atoms. The summed E-state index contributed by atoms with van der Waals surface area (Å²) >= 11 is 9.98. The second-order valence-corrected chi connectivity index (χ2v) is 2.85. The van der Waals surface area contributed by atoms with E-state index in [9.17, 15) is 8.78 Å². The molecule has 0 aliphatic heterocycles. The van der Waals surface area contributed by atoms with Crippen molar-refractivity contribution >= 4 is 23.2 Å². The SMILES string of the molecule is FC(F)(c1ncn[nH]1)C(Cl)Cl. The zero-order valence-corrected chi connectivity index (χ0v) is 6.57. The zero-order valence-electron chi connectivity index (χ0n) is 5.06. The molecule has 0 amide bonds. The molecule has 0 saturated carbocycles. The van der Waals surface area contributed by atoms with Gasteiger partial charge in [0.2, 0.25) is 0 Å². The molecule has 1 rings (SSSR count). The number of alkyl halides is 4. The van der Waals surface area contributed by atoms with Gasteiger partial charge in [-0.2, -0.15) is 13.9 Å². The molecule has 11 heavy (non-hydrogen) atoms. The molecule has 7 heteroatoms. The van der Waals surface area contributed by atoms with Crippen LogP contribution in [0.15, 0.2) is 6.33 Å². The van der Waals surface area contributed by atoms with Crippen molar-refractivity contribution in [2.75, 3.05) is 0 Å². The Hall–Kier alpha value is -0.420. The van der Waals surface area contributed by atoms with Crippen LogP contribution in [0.4, 0.5) is 8.78 Å². The fourth-order valence-corrected chi connectivity index (χ4v) is 0.676. The Morgan fingerprint density at radius 3 is 2.55 bits per heavy atom. The third-order valence-corrected chi connectivity index (χ3v) is 1.55. The summed E-state index contributed by atoms with van der Waals surface area (Å²) in [6, 6.07) is 0. The maximum absolute atomic E-state index is 12.7. The summed E-state index contributed by atoms with van der Waals surface area (Å²) in [5.41, 5.74) is 0. The third kappa shape index (κ3) is 1.59. The fraction of sp³-hybridized carbons (Fsp3) is 0.500. The molecule has 0 saturated heterocycles. The highest BCUT2D eigenvalue weighted by Gasteiger charge is 2.42. The molecule has 1 aromatic rings. The van der Waals surface area contributed by atoms with E-state index in [0.717, 1.165) is 6.33 Å². The van der Waals surface area contributed by atoms with Crippen molar-refractivity contribution in [1.29, 1.82) is 0 Å². The first-order valence-corrected chi connectivity index (χ1v) is 3.44. The van der Waals surface area contributed by atoms with Crippen LogP contribution in [0.2, 0.25) is 0 Å². The predicted octanol–water partition coefficient (Wildman–Crippen LogP) is 1.70. The van der Waals surface area contributed by atoms with Gasteiger partial charge in [0, 0.05) is 0 Å². The zero-order chi connectivity index (χ0) is 8.48. The van der Waals surface area contributed by atoms with Gasteiger partial charge in [-0.25, -0.2) is 4.98 Å². The van der Waals surface area contributed by atoms with Crippen LogP contribution in [0.1, 0.15) is 5.82 Å². The number of H-pyrrole nitrogens is 1. The number of nitrogens with zero attached hydrogens (tertiary/aromatic N) is 2. The van der Waals surface area contributed by atoms with Crippen LogP contribution in [-0.4, -0.2) is 20.0 Å². The molecule has 1 heterocycles. The summed E-state index contributed by atoms with van der Waals surface area (Å²) in [5.74, 6) is -4.01. The van der Waals surface area contributed by atoms with Gasteiger partial charge in [0.1, 0.15) is 6.33 Å². The van der Waals surface area contributed by atoms with Crippen molar-refractivity contribution in [2.24, 2.45) is 0 Å². The maximum atomic E-state index is 12.7. The lowest BCUT2D eigenvalue weighted by Crippen LogP contribution is -2.23. The van der Waals surface area contributed by atoms with Crippen LogP contribution in [0.3, 0.4) is 0 Å². The number of hydrogen-bond acceptors (Lipinski definition) is 2. The van der Waals surface area contributed by atoms with E-state index in [0.29, 0.717) is 0 Å². The molecule has 0 aliphatic carbocycles. The lowest BCUT2D eigenvalue weighted by Gasteiger charge is -2.12. The second kappa shape index (κ2) is 2.91. The highest BCUT2D eigenvalue weighted by atomic mass is 35.5. The number of rotatable bonds is 2. The minimum Gasteiger partial charge on any atom is -0.258 e. The summed E-state index contributed by atoms with van der Waals surface area (Å²) in [4.78, 5) is 1.40. The molecule has 0 fully saturated rings. The third-order valence-electron chi connectivity index (χ3n) is 1.00. The van der Waals surface area contributed by atoms with Crippen LogP contribution in [0, 0.1) is 0 Å². The Balaban J connectivity index is 2.90. The minimum absolute atomic E-state index is 0.632. The smallest absolute Gasteiger partial charge is 0.258 e. The number of aromatic nitrogens is 3. The van der Waals surface area contributed by atoms with Gasteiger partial charge in [0.05, 0.1) is 0 Å². The highest BCUT2D eigenvalue weighted by molar-refractivity contribution is 6.44. The first kappa shape index (κ1) is 8.67. The van der Waals surface area contributed by atoms with E-state index in [1.165, 1.54) is 0 Å². The van der Waals surface area contributed by atoms with E-state index in [4.69, 9.17) is 23.2 Å². The molecule has 0 unspecified atom stereocenters. The van der Waals surface area contributed by atoms with E-state index in [1.807, 2.05) is 5.10 Å². The summed E-state index contributed by atoms with van der Waals surface area (Å²) in [6.07, 6.45) is 0.958. The molecule has 1 N–H and O–H groups in total. The van der Waals surface area contributed by atoms with E-state index in [2.05, 4.69) is 10.1 Å². The van der Waals surface area contributed by atoms with Gasteiger partial charge in [0.15, 0.2) is 10.7 Å².